The topological polar surface area (TPSA) is 78.4 Å². The molecule has 0 spiro atoms. The Bertz CT molecular complexity index is 717. The fourth-order valence-corrected chi connectivity index (χ4v) is 3.22. The highest BCUT2D eigenvalue weighted by Crippen LogP contribution is 2.18. The van der Waals surface area contributed by atoms with Crippen molar-refractivity contribution in [3.05, 3.63) is 71.8 Å². The van der Waals surface area contributed by atoms with E-state index in [0.29, 0.717) is 11.5 Å². The number of hydrogen-bond donors (Lipinski definition) is 3. The molecule has 2 aromatic rings. The lowest BCUT2D eigenvalue weighted by atomic mass is 9.94. The zero-order chi connectivity index (χ0) is 19.6. The number of hydroxylamine groups is 1. The maximum Gasteiger partial charge on any atom is 0.260 e. The Kier molecular flexibility index (Phi) is 8.01. The number of hydrogen-bond acceptors (Lipinski definition) is 3. The highest BCUT2D eigenvalue weighted by Gasteiger charge is 2.29. The molecule has 5 heteroatoms. The Morgan fingerprint density at radius 1 is 0.926 bits per heavy atom. The van der Waals surface area contributed by atoms with Gasteiger partial charge >= 0.3 is 0 Å². The number of carbonyl (C=O) groups is 2. The van der Waals surface area contributed by atoms with Crippen LogP contribution in [0.1, 0.15) is 43.7 Å². The molecule has 0 saturated carbocycles. The van der Waals surface area contributed by atoms with E-state index >= 15 is 0 Å². The summed E-state index contributed by atoms with van der Waals surface area (Å²) < 4.78 is 0. The molecule has 2 atom stereocenters. The molecule has 0 heterocycles. The number of rotatable bonds is 9. The Morgan fingerprint density at radius 3 is 2.07 bits per heavy atom. The van der Waals surface area contributed by atoms with Crippen molar-refractivity contribution in [2.45, 2.75) is 45.1 Å². The highest BCUT2D eigenvalue weighted by molar-refractivity contribution is 6.05. The van der Waals surface area contributed by atoms with Crippen LogP contribution in [0.5, 0.6) is 0 Å². The monoisotopic (exact) mass is 368 g/mol. The largest absolute Gasteiger partial charge is 0.352 e. The lowest BCUT2D eigenvalue weighted by Gasteiger charge is -2.23. The fourth-order valence-electron chi connectivity index (χ4n) is 3.22. The number of aryl methyl sites for hydroxylation is 1. The molecule has 0 saturated heterocycles. The van der Waals surface area contributed by atoms with Crippen LogP contribution in [0.25, 0.3) is 0 Å². The quantitative estimate of drug-likeness (QED) is 0.360. The van der Waals surface area contributed by atoms with E-state index in [1.165, 1.54) is 5.56 Å². The molecule has 27 heavy (non-hydrogen) atoms. The van der Waals surface area contributed by atoms with Crippen LogP contribution in [-0.2, 0) is 16.0 Å². The Labute approximate surface area is 160 Å². The van der Waals surface area contributed by atoms with Gasteiger partial charge in [-0.1, -0.05) is 74.5 Å². The Hall–Kier alpha value is -2.66. The van der Waals surface area contributed by atoms with Crippen LogP contribution in [0.15, 0.2) is 60.7 Å². The summed E-state index contributed by atoms with van der Waals surface area (Å²) in [5.41, 5.74) is 3.38. The number of nitrogens with one attached hydrogen (secondary N) is 2. The van der Waals surface area contributed by atoms with Crippen LogP contribution in [-0.4, -0.2) is 23.1 Å². The molecular weight excluding hydrogens is 340 g/mol. The average Bonchev–Trinajstić information content (AvgIpc) is 2.67. The SMILES string of the molecule is CC(C)CC(CCc1ccccc1)NC(=O)C(C(=O)NO)c1ccccc1. The molecule has 5 nitrogen and oxygen atoms in total. The van der Waals surface area contributed by atoms with Crippen molar-refractivity contribution in [2.24, 2.45) is 5.92 Å². The predicted molar refractivity (Wildman–Crippen MR) is 105 cm³/mol. The van der Waals surface area contributed by atoms with Gasteiger partial charge in [-0.25, -0.2) is 5.48 Å². The summed E-state index contributed by atoms with van der Waals surface area (Å²) in [4.78, 5) is 25.0. The van der Waals surface area contributed by atoms with Crippen molar-refractivity contribution in [1.82, 2.24) is 10.8 Å². The summed E-state index contributed by atoms with van der Waals surface area (Å²) in [5, 5.41) is 12.1. The third kappa shape index (κ3) is 6.53. The van der Waals surface area contributed by atoms with Gasteiger partial charge in [0, 0.05) is 6.04 Å². The van der Waals surface area contributed by atoms with Crippen LogP contribution in [0, 0.1) is 5.92 Å². The summed E-state index contributed by atoms with van der Waals surface area (Å²) in [6.07, 6.45) is 2.46. The van der Waals surface area contributed by atoms with Crippen LogP contribution < -0.4 is 10.8 Å². The van der Waals surface area contributed by atoms with Crippen LogP contribution >= 0.6 is 0 Å². The third-order valence-electron chi connectivity index (χ3n) is 4.49. The number of benzene rings is 2. The van der Waals surface area contributed by atoms with Crippen molar-refractivity contribution in [3.8, 4) is 0 Å². The first kappa shape index (κ1) is 20.6. The van der Waals surface area contributed by atoms with E-state index in [9.17, 15) is 9.59 Å². The van der Waals surface area contributed by atoms with Gasteiger partial charge in [0.15, 0.2) is 0 Å². The normalized spacial score (nSPS) is 13.0. The number of carbonyl (C=O) groups excluding carboxylic acids is 2. The van der Waals surface area contributed by atoms with E-state index in [4.69, 9.17) is 5.21 Å². The highest BCUT2D eigenvalue weighted by atomic mass is 16.5. The molecule has 0 radical (unpaired) electrons. The van der Waals surface area contributed by atoms with Gasteiger partial charge in [-0.3, -0.25) is 14.8 Å². The zero-order valence-electron chi connectivity index (χ0n) is 15.9. The van der Waals surface area contributed by atoms with Crippen LogP contribution in [0.3, 0.4) is 0 Å². The van der Waals surface area contributed by atoms with Crippen molar-refractivity contribution >= 4 is 11.8 Å². The second-order valence-electron chi connectivity index (χ2n) is 7.18. The van der Waals surface area contributed by atoms with Gasteiger partial charge in [-0.2, -0.15) is 0 Å². The Morgan fingerprint density at radius 2 is 1.52 bits per heavy atom. The summed E-state index contributed by atoms with van der Waals surface area (Å²) >= 11 is 0. The molecule has 0 aliphatic heterocycles. The first-order valence-electron chi connectivity index (χ1n) is 9.34. The molecule has 3 N–H and O–H groups in total. The van der Waals surface area contributed by atoms with E-state index < -0.39 is 17.7 Å². The summed E-state index contributed by atoms with van der Waals surface area (Å²) in [6.45, 7) is 4.22. The fraction of sp³-hybridized carbons (Fsp3) is 0.364. The van der Waals surface area contributed by atoms with Crippen LogP contribution in [0.2, 0.25) is 0 Å². The first-order valence-corrected chi connectivity index (χ1v) is 9.34. The molecule has 0 fully saturated rings. The van der Waals surface area contributed by atoms with Gasteiger partial charge in [0.1, 0.15) is 5.92 Å². The Balaban J connectivity index is 2.10. The van der Waals surface area contributed by atoms with Crippen LogP contribution in [0.4, 0.5) is 0 Å². The van der Waals surface area contributed by atoms with Gasteiger partial charge in [0.25, 0.3) is 5.91 Å². The second kappa shape index (κ2) is 10.5. The summed E-state index contributed by atoms with van der Waals surface area (Å²) in [6, 6.07) is 18.8. The molecular formula is C22H28N2O3. The lowest BCUT2D eigenvalue weighted by molar-refractivity contribution is -0.137. The molecule has 2 unspecified atom stereocenters. The first-order chi connectivity index (χ1) is 13.0. The summed E-state index contributed by atoms with van der Waals surface area (Å²) in [5.74, 6) is -1.80. The minimum atomic E-state index is -1.08. The van der Waals surface area contributed by atoms with Crippen molar-refractivity contribution in [2.75, 3.05) is 0 Å². The molecule has 2 aromatic carbocycles. The molecule has 0 aromatic heterocycles. The molecule has 144 valence electrons. The molecule has 0 aliphatic carbocycles. The zero-order valence-corrected chi connectivity index (χ0v) is 15.9. The molecule has 0 aliphatic rings. The number of amides is 2. The molecule has 2 amide bonds. The predicted octanol–water partition coefficient (Wildman–Crippen LogP) is 3.44. The standard InChI is InChI=1S/C22H28N2O3/c1-16(2)15-19(14-13-17-9-5-3-6-10-17)23-21(25)20(22(26)24-27)18-11-7-4-8-12-18/h3-12,16,19-20,27H,13-15H2,1-2H3,(H,23,25)(H,24,26). The molecule has 2 rings (SSSR count). The minimum Gasteiger partial charge on any atom is -0.352 e. The third-order valence-corrected chi connectivity index (χ3v) is 4.49. The van der Waals surface area contributed by atoms with Crippen molar-refractivity contribution in [1.29, 1.82) is 0 Å². The van der Waals surface area contributed by atoms with Gasteiger partial charge in [-0.15, -0.1) is 0 Å². The smallest absolute Gasteiger partial charge is 0.260 e. The van der Waals surface area contributed by atoms with Gasteiger partial charge < -0.3 is 5.32 Å². The van der Waals surface area contributed by atoms with E-state index in [0.717, 1.165) is 19.3 Å². The van der Waals surface area contributed by atoms with E-state index in [1.807, 2.05) is 24.3 Å². The van der Waals surface area contributed by atoms with E-state index in [-0.39, 0.29) is 6.04 Å². The van der Waals surface area contributed by atoms with Gasteiger partial charge in [0.2, 0.25) is 5.91 Å². The summed E-state index contributed by atoms with van der Waals surface area (Å²) in [7, 11) is 0. The van der Waals surface area contributed by atoms with Gasteiger partial charge in [-0.05, 0) is 36.3 Å². The maximum atomic E-state index is 12.9. The maximum absolute atomic E-state index is 12.9. The van der Waals surface area contributed by atoms with E-state index in [2.05, 4.69) is 31.3 Å². The van der Waals surface area contributed by atoms with Crippen molar-refractivity contribution in [3.63, 3.8) is 0 Å². The average molecular weight is 368 g/mol. The molecule has 0 bridgehead atoms. The van der Waals surface area contributed by atoms with Gasteiger partial charge in [0.05, 0.1) is 0 Å². The minimum absolute atomic E-state index is 0.0459. The second-order valence-corrected chi connectivity index (χ2v) is 7.18. The lowest BCUT2D eigenvalue weighted by Crippen LogP contribution is -2.43. The van der Waals surface area contributed by atoms with Crippen molar-refractivity contribution < 1.29 is 14.8 Å². The van der Waals surface area contributed by atoms with E-state index in [1.54, 1.807) is 29.7 Å².